The van der Waals surface area contributed by atoms with Crippen LogP contribution in [0.5, 0.6) is 5.75 Å². The van der Waals surface area contributed by atoms with Crippen LogP contribution in [-0.4, -0.2) is 23.6 Å². The highest BCUT2D eigenvalue weighted by molar-refractivity contribution is 5.43. The maximum absolute atomic E-state index is 5.27. The van der Waals surface area contributed by atoms with Gasteiger partial charge >= 0.3 is 0 Å². The molecule has 1 heterocycles. The second kappa shape index (κ2) is 9.03. The summed E-state index contributed by atoms with van der Waals surface area (Å²) in [5.41, 5.74) is 4.66. The van der Waals surface area contributed by atoms with Crippen molar-refractivity contribution in [3.63, 3.8) is 0 Å². The lowest BCUT2D eigenvalue weighted by molar-refractivity contribution is 0.414. The fourth-order valence-corrected chi connectivity index (χ4v) is 2.88. The third kappa shape index (κ3) is 5.45. The smallest absolute Gasteiger partial charge is 0.225 e. The fourth-order valence-electron chi connectivity index (χ4n) is 2.88. The van der Waals surface area contributed by atoms with Crippen LogP contribution in [0.3, 0.4) is 0 Å². The van der Waals surface area contributed by atoms with Gasteiger partial charge in [-0.05, 0) is 49.1 Å². The van der Waals surface area contributed by atoms with Crippen LogP contribution in [0.4, 0.5) is 11.8 Å². The highest BCUT2D eigenvalue weighted by Crippen LogP contribution is 2.15. The lowest BCUT2D eigenvalue weighted by atomic mass is 10.1. The molecule has 5 nitrogen and oxygen atoms in total. The standard InChI is InChI=1S/C22H26N4O/c1-16-7-4-5-9-19(16)15-24-22-25-17(2)13-21(26-22)23-12-11-18-8-6-10-20(14-18)27-3/h4-10,13-14H,11-12,15H2,1-3H3,(H2,23,24,25,26). The van der Waals surface area contributed by atoms with Gasteiger partial charge in [0.05, 0.1) is 7.11 Å². The highest BCUT2D eigenvalue weighted by Gasteiger charge is 2.04. The lowest BCUT2D eigenvalue weighted by Gasteiger charge is -2.11. The van der Waals surface area contributed by atoms with E-state index < -0.39 is 0 Å². The van der Waals surface area contributed by atoms with Gasteiger partial charge in [0.2, 0.25) is 5.95 Å². The summed E-state index contributed by atoms with van der Waals surface area (Å²) in [6.45, 7) is 5.59. The summed E-state index contributed by atoms with van der Waals surface area (Å²) in [7, 11) is 1.69. The molecule has 2 N–H and O–H groups in total. The summed E-state index contributed by atoms with van der Waals surface area (Å²) in [6.07, 6.45) is 0.895. The predicted molar refractivity (Wildman–Crippen MR) is 110 cm³/mol. The number of anilines is 2. The molecule has 27 heavy (non-hydrogen) atoms. The minimum atomic E-state index is 0.641. The van der Waals surface area contributed by atoms with Gasteiger partial charge in [0.25, 0.3) is 0 Å². The van der Waals surface area contributed by atoms with E-state index in [1.807, 2.05) is 37.3 Å². The second-order valence-corrected chi connectivity index (χ2v) is 6.53. The zero-order valence-electron chi connectivity index (χ0n) is 16.1. The van der Waals surface area contributed by atoms with E-state index in [0.717, 1.165) is 30.2 Å². The molecule has 3 rings (SSSR count). The summed E-state index contributed by atoms with van der Waals surface area (Å²) in [5, 5.41) is 6.72. The number of nitrogens with zero attached hydrogens (tertiary/aromatic N) is 2. The molecular formula is C22H26N4O. The first-order chi connectivity index (χ1) is 13.1. The van der Waals surface area contributed by atoms with Crippen LogP contribution in [0.2, 0.25) is 0 Å². The van der Waals surface area contributed by atoms with Gasteiger partial charge in [-0.15, -0.1) is 0 Å². The molecule has 0 unspecified atom stereocenters. The van der Waals surface area contributed by atoms with Crippen molar-refractivity contribution in [1.82, 2.24) is 9.97 Å². The van der Waals surface area contributed by atoms with E-state index in [2.05, 4.69) is 51.8 Å². The van der Waals surface area contributed by atoms with Crippen LogP contribution in [0.15, 0.2) is 54.6 Å². The number of aryl methyl sites for hydroxylation is 2. The Morgan fingerprint density at radius 2 is 1.78 bits per heavy atom. The third-order valence-electron chi connectivity index (χ3n) is 4.41. The Labute approximate surface area is 160 Å². The topological polar surface area (TPSA) is 59.1 Å². The largest absolute Gasteiger partial charge is 0.497 e. The Balaban J connectivity index is 1.58. The van der Waals surface area contributed by atoms with Gasteiger partial charge in [-0.25, -0.2) is 4.98 Å². The van der Waals surface area contributed by atoms with Crippen molar-refractivity contribution >= 4 is 11.8 Å². The number of benzene rings is 2. The Morgan fingerprint density at radius 3 is 2.59 bits per heavy atom. The van der Waals surface area contributed by atoms with Crippen molar-refractivity contribution in [2.24, 2.45) is 0 Å². The molecule has 140 valence electrons. The first-order valence-electron chi connectivity index (χ1n) is 9.15. The quantitative estimate of drug-likeness (QED) is 0.623. The van der Waals surface area contributed by atoms with Gasteiger partial charge in [-0.1, -0.05) is 36.4 Å². The van der Waals surface area contributed by atoms with Gasteiger partial charge in [0.15, 0.2) is 0 Å². The predicted octanol–water partition coefficient (Wildman–Crippen LogP) is 4.37. The molecule has 2 aromatic carbocycles. The normalized spacial score (nSPS) is 10.5. The summed E-state index contributed by atoms with van der Waals surface area (Å²) in [5.74, 6) is 2.35. The highest BCUT2D eigenvalue weighted by atomic mass is 16.5. The maximum Gasteiger partial charge on any atom is 0.225 e. The van der Waals surface area contributed by atoms with Crippen molar-refractivity contribution in [2.45, 2.75) is 26.8 Å². The number of hydrogen-bond donors (Lipinski definition) is 2. The molecule has 0 radical (unpaired) electrons. The molecule has 0 atom stereocenters. The van der Waals surface area contributed by atoms with Crippen LogP contribution in [0, 0.1) is 13.8 Å². The molecule has 0 aliphatic rings. The Hall–Kier alpha value is -3.08. The molecule has 0 spiro atoms. The molecule has 5 heteroatoms. The molecule has 1 aromatic heterocycles. The van der Waals surface area contributed by atoms with E-state index in [-0.39, 0.29) is 0 Å². The molecule has 0 fully saturated rings. The van der Waals surface area contributed by atoms with E-state index >= 15 is 0 Å². The molecule has 0 saturated carbocycles. The van der Waals surface area contributed by atoms with Crippen molar-refractivity contribution in [3.05, 3.63) is 77.0 Å². The zero-order chi connectivity index (χ0) is 19.1. The van der Waals surface area contributed by atoms with Gasteiger partial charge in [0.1, 0.15) is 11.6 Å². The second-order valence-electron chi connectivity index (χ2n) is 6.53. The number of methoxy groups -OCH3 is 1. The van der Waals surface area contributed by atoms with E-state index in [0.29, 0.717) is 12.5 Å². The maximum atomic E-state index is 5.27. The minimum absolute atomic E-state index is 0.641. The summed E-state index contributed by atoms with van der Waals surface area (Å²) in [4.78, 5) is 9.07. The Kier molecular flexibility index (Phi) is 6.26. The van der Waals surface area contributed by atoms with Gasteiger partial charge < -0.3 is 15.4 Å². The first kappa shape index (κ1) is 18.7. The molecule has 0 saturated heterocycles. The van der Waals surface area contributed by atoms with E-state index in [1.54, 1.807) is 7.11 Å². The van der Waals surface area contributed by atoms with E-state index in [9.17, 15) is 0 Å². The molecular weight excluding hydrogens is 336 g/mol. The number of nitrogens with one attached hydrogen (secondary N) is 2. The average Bonchev–Trinajstić information content (AvgIpc) is 2.67. The molecule has 3 aromatic rings. The van der Waals surface area contributed by atoms with Crippen molar-refractivity contribution < 1.29 is 4.74 Å². The minimum Gasteiger partial charge on any atom is -0.497 e. The van der Waals surface area contributed by atoms with Crippen LogP contribution < -0.4 is 15.4 Å². The van der Waals surface area contributed by atoms with Crippen LogP contribution in [0.25, 0.3) is 0 Å². The molecule has 0 amide bonds. The average molecular weight is 362 g/mol. The van der Waals surface area contributed by atoms with Crippen LogP contribution >= 0.6 is 0 Å². The number of ether oxygens (including phenoxy) is 1. The molecule has 0 bridgehead atoms. The van der Waals surface area contributed by atoms with Crippen LogP contribution in [0.1, 0.15) is 22.4 Å². The summed E-state index contributed by atoms with van der Waals surface area (Å²) < 4.78 is 5.27. The van der Waals surface area contributed by atoms with Gasteiger partial charge in [-0.2, -0.15) is 4.98 Å². The Morgan fingerprint density at radius 1 is 0.926 bits per heavy atom. The van der Waals surface area contributed by atoms with Crippen molar-refractivity contribution in [1.29, 1.82) is 0 Å². The summed E-state index contributed by atoms with van der Waals surface area (Å²) >= 11 is 0. The van der Waals surface area contributed by atoms with Crippen molar-refractivity contribution in [3.8, 4) is 5.75 Å². The number of aromatic nitrogens is 2. The van der Waals surface area contributed by atoms with E-state index in [1.165, 1.54) is 16.7 Å². The van der Waals surface area contributed by atoms with Gasteiger partial charge in [0, 0.05) is 24.8 Å². The summed E-state index contributed by atoms with van der Waals surface area (Å²) in [6, 6.07) is 18.4. The third-order valence-corrected chi connectivity index (χ3v) is 4.41. The monoisotopic (exact) mass is 362 g/mol. The lowest BCUT2D eigenvalue weighted by Crippen LogP contribution is -2.10. The zero-order valence-corrected chi connectivity index (χ0v) is 16.1. The number of rotatable bonds is 8. The molecule has 0 aliphatic carbocycles. The van der Waals surface area contributed by atoms with Gasteiger partial charge in [-0.3, -0.25) is 0 Å². The Bertz CT molecular complexity index is 895. The van der Waals surface area contributed by atoms with Crippen LogP contribution in [-0.2, 0) is 13.0 Å². The molecule has 0 aliphatic heterocycles. The first-order valence-corrected chi connectivity index (χ1v) is 9.15. The van der Waals surface area contributed by atoms with Crippen molar-refractivity contribution in [2.75, 3.05) is 24.3 Å². The van der Waals surface area contributed by atoms with E-state index in [4.69, 9.17) is 4.74 Å². The SMILES string of the molecule is COc1cccc(CCNc2cc(C)nc(NCc3ccccc3C)n2)c1. The number of hydrogen-bond acceptors (Lipinski definition) is 5. The fraction of sp³-hybridized carbons (Fsp3) is 0.273.